The Morgan fingerprint density at radius 3 is 2.51 bits per heavy atom. The topological polar surface area (TPSA) is 0 Å². The fourth-order valence-electron chi connectivity index (χ4n) is 7.49. The SMILES string of the molecule is C=C1C=CC(CC(C)(C)C)C(CCC2=Cc3cccc(-c4cc(C)cc(C)c4C[C@H]4CCCC[C@H]4C)c3C2)=C1. The molecule has 3 aliphatic rings. The molecule has 0 amide bonds. The van der Waals surface area contributed by atoms with Crippen molar-refractivity contribution in [3.8, 4) is 11.1 Å². The molecular formula is C39H50. The molecule has 1 fully saturated rings. The highest BCUT2D eigenvalue weighted by Crippen LogP contribution is 2.42. The lowest BCUT2D eigenvalue weighted by atomic mass is 9.75. The van der Waals surface area contributed by atoms with E-state index in [9.17, 15) is 0 Å². The van der Waals surface area contributed by atoms with E-state index in [0.29, 0.717) is 11.3 Å². The van der Waals surface area contributed by atoms with E-state index in [0.717, 1.165) is 36.7 Å². The molecule has 2 aromatic rings. The summed E-state index contributed by atoms with van der Waals surface area (Å²) in [6.07, 6.45) is 20.9. The molecule has 3 atom stereocenters. The van der Waals surface area contributed by atoms with Gasteiger partial charge in [0, 0.05) is 0 Å². The van der Waals surface area contributed by atoms with Crippen LogP contribution >= 0.6 is 0 Å². The van der Waals surface area contributed by atoms with Crippen molar-refractivity contribution in [3.05, 3.63) is 99.7 Å². The molecule has 0 nitrogen and oxygen atoms in total. The third-order valence-electron chi connectivity index (χ3n) is 9.60. The average Bonchev–Trinajstić information content (AvgIpc) is 3.29. The van der Waals surface area contributed by atoms with Crippen LogP contribution in [0.3, 0.4) is 0 Å². The van der Waals surface area contributed by atoms with Gasteiger partial charge in [-0.2, -0.15) is 0 Å². The van der Waals surface area contributed by atoms with Gasteiger partial charge in [-0.05, 0) is 114 Å². The molecule has 0 N–H and O–H groups in total. The first-order chi connectivity index (χ1) is 18.6. The smallest absolute Gasteiger partial charge is 0.00115 e. The van der Waals surface area contributed by atoms with Crippen molar-refractivity contribution in [1.82, 2.24) is 0 Å². The standard InChI is InChI=1S/C39H50/c1-26-15-17-34(25-39(5,6)7)32(20-26)18-16-30-22-33-13-10-14-35(37(33)23-30)38-21-27(2)19-29(4)36(38)24-31-12-9-8-11-28(31)3/h10,13-15,17,19-22,28,31,34H,1,8-9,11-12,16,18,23-25H2,2-7H3/t28-,31-,34?/m1/s1. The van der Waals surface area contributed by atoms with Crippen LogP contribution in [0.25, 0.3) is 17.2 Å². The first kappa shape index (κ1) is 27.9. The zero-order valence-electron chi connectivity index (χ0n) is 25.5. The molecule has 5 rings (SSSR count). The van der Waals surface area contributed by atoms with E-state index >= 15 is 0 Å². The Morgan fingerprint density at radius 1 is 0.949 bits per heavy atom. The monoisotopic (exact) mass is 518 g/mol. The van der Waals surface area contributed by atoms with E-state index in [1.165, 1.54) is 66.3 Å². The highest BCUT2D eigenvalue weighted by molar-refractivity contribution is 5.80. The largest absolute Gasteiger partial charge is 0.0918 e. The summed E-state index contributed by atoms with van der Waals surface area (Å²) in [5, 5.41) is 0. The summed E-state index contributed by atoms with van der Waals surface area (Å²) in [7, 11) is 0. The number of allylic oxidation sites excluding steroid dienone is 6. The second-order valence-corrected chi connectivity index (χ2v) is 14.2. The number of fused-ring (bicyclic) bond motifs is 1. The lowest BCUT2D eigenvalue weighted by Gasteiger charge is -2.30. The van der Waals surface area contributed by atoms with Gasteiger partial charge in [0.25, 0.3) is 0 Å². The minimum Gasteiger partial charge on any atom is -0.0918 e. The number of benzene rings is 2. The summed E-state index contributed by atoms with van der Waals surface area (Å²) in [5.74, 6) is 2.19. The van der Waals surface area contributed by atoms with Crippen LogP contribution in [0.15, 0.2) is 71.9 Å². The molecule has 0 aliphatic heterocycles. The minimum absolute atomic E-state index is 0.323. The molecule has 3 aliphatic carbocycles. The number of aryl methyl sites for hydroxylation is 2. The fourth-order valence-corrected chi connectivity index (χ4v) is 7.49. The Hall–Kier alpha value is -2.60. The Morgan fingerprint density at radius 2 is 1.74 bits per heavy atom. The van der Waals surface area contributed by atoms with Crippen LogP contribution in [0.1, 0.15) is 100 Å². The van der Waals surface area contributed by atoms with Gasteiger partial charge in [0.05, 0.1) is 0 Å². The molecule has 0 spiro atoms. The van der Waals surface area contributed by atoms with Crippen LogP contribution in [0.4, 0.5) is 0 Å². The van der Waals surface area contributed by atoms with Gasteiger partial charge in [-0.15, -0.1) is 0 Å². The van der Waals surface area contributed by atoms with Crippen LogP contribution in [0.2, 0.25) is 0 Å². The summed E-state index contributed by atoms with van der Waals surface area (Å²) in [6.45, 7) is 18.4. The lowest BCUT2D eigenvalue weighted by molar-refractivity contribution is 0.254. The number of hydrogen-bond donors (Lipinski definition) is 0. The highest BCUT2D eigenvalue weighted by atomic mass is 14.3. The van der Waals surface area contributed by atoms with Crippen molar-refractivity contribution in [2.45, 2.75) is 99.3 Å². The van der Waals surface area contributed by atoms with Crippen molar-refractivity contribution >= 4 is 6.08 Å². The van der Waals surface area contributed by atoms with Gasteiger partial charge in [-0.25, -0.2) is 0 Å². The van der Waals surface area contributed by atoms with Crippen LogP contribution in [0.5, 0.6) is 0 Å². The molecule has 39 heavy (non-hydrogen) atoms. The highest BCUT2D eigenvalue weighted by Gasteiger charge is 2.26. The molecule has 0 heteroatoms. The zero-order chi connectivity index (χ0) is 27.7. The van der Waals surface area contributed by atoms with E-state index < -0.39 is 0 Å². The van der Waals surface area contributed by atoms with Gasteiger partial charge in [0.15, 0.2) is 0 Å². The van der Waals surface area contributed by atoms with E-state index in [1.807, 2.05) is 0 Å². The maximum atomic E-state index is 4.24. The van der Waals surface area contributed by atoms with Gasteiger partial charge >= 0.3 is 0 Å². The normalized spacial score (nSPS) is 23.0. The molecule has 0 aromatic heterocycles. The first-order valence-corrected chi connectivity index (χ1v) is 15.6. The zero-order valence-corrected chi connectivity index (χ0v) is 25.5. The summed E-state index contributed by atoms with van der Waals surface area (Å²) >= 11 is 0. The molecule has 0 radical (unpaired) electrons. The van der Waals surface area contributed by atoms with Crippen molar-refractivity contribution in [3.63, 3.8) is 0 Å². The third-order valence-corrected chi connectivity index (χ3v) is 9.60. The van der Waals surface area contributed by atoms with Gasteiger partial charge in [0.1, 0.15) is 0 Å². The summed E-state index contributed by atoms with van der Waals surface area (Å²) < 4.78 is 0. The predicted octanol–water partition coefficient (Wildman–Crippen LogP) is 11.2. The summed E-state index contributed by atoms with van der Waals surface area (Å²) in [6, 6.07) is 11.9. The Labute approximate surface area is 239 Å². The Bertz CT molecular complexity index is 1320. The third kappa shape index (κ3) is 6.59. The lowest BCUT2D eigenvalue weighted by Crippen LogP contribution is -2.19. The number of hydrogen-bond acceptors (Lipinski definition) is 0. The van der Waals surface area contributed by atoms with E-state index in [1.54, 1.807) is 22.3 Å². The second-order valence-electron chi connectivity index (χ2n) is 14.2. The Kier molecular flexibility index (Phi) is 8.23. The molecule has 1 unspecified atom stereocenters. The van der Waals surface area contributed by atoms with Gasteiger partial charge in [0.2, 0.25) is 0 Å². The number of rotatable bonds is 7. The summed E-state index contributed by atoms with van der Waals surface area (Å²) in [4.78, 5) is 0. The van der Waals surface area contributed by atoms with Crippen LogP contribution in [0, 0.1) is 37.0 Å². The fraction of sp³-hybridized carbons (Fsp3) is 0.487. The summed E-state index contributed by atoms with van der Waals surface area (Å²) in [5.41, 5.74) is 15.0. The average molecular weight is 519 g/mol. The molecule has 1 saturated carbocycles. The van der Waals surface area contributed by atoms with Crippen LogP contribution in [-0.2, 0) is 12.8 Å². The van der Waals surface area contributed by atoms with E-state index in [-0.39, 0.29) is 0 Å². The van der Waals surface area contributed by atoms with Gasteiger partial charge in [-0.1, -0.05) is 125 Å². The molecule has 0 heterocycles. The maximum Gasteiger partial charge on any atom is -0.00115 e. The van der Waals surface area contributed by atoms with Crippen molar-refractivity contribution < 1.29 is 0 Å². The van der Waals surface area contributed by atoms with Crippen molar-refractivity contribution in [1.29, 1.82) is 0 Å². The maximum absolute atomic E-state index is 4.24. The quantitative estimate of drug-likeness (QED) is 0.342. The van der Waals surface area contributed by atoms with Gasteiger partial charge in [-0.3, -0.25) is 0 Å². The van der Waals surface area contributed by atoms with Crippen molar-refractivity contribution in [2.24, 2.45) is 23.2 Å². The van der Waals surface area contributed by atoms with Crippen LogP contribution < -0.4 is 0 Å². The molecular weight excluding hydrogens is 468 g/mol. The molecule has 0 saturated heterocycles. The van der Waals surface area contributed by atoms with Gasteiger partial charge < -0.3 is 0 Å². The van der Waals surface area contributed by atoms with Crippen molar-refractivity contribution in [2.75, 3.05) is 0 Å². The predicted molar refractivity (Wildman–Crippen MR) is 171 cm³/mol. The molecule has 2 aromatic carbocycles. The molecule has 0 bridgehead atoms. The second kappa shape index (κ2) is 11.5. The van der Waals surface area contributed by atoms with E-state index in [2.05, 4.69) is 103 Å². The molecule has 206 valence electrons. The first-order valence-electron chi connectivity index (χ1n) is 15.6. The minimum atomic E-state index is 0.323. The van der Waals surface area contributed by atoms with Crippen LogP contribution in [-0.4, -0.2) is 0 Å². The van der Waals surface area contributed by atoms with E-state index in [4.69, 9.17) is 0 Å². The Balaban J connectivity index is 1.37.